The Bertz CT molecular complexity index is 147. The molecule has 0 aromatic heterocycles. The standard InChI is InChI=1S/C9H17NO2/c11-5-7-3-4-12-6-9(7)10-8-1-2-8/h7-11H,1-6H2. The van der Waals surface area contributed by atoms with E-state index in [4.69, 9.17) is 9.84 Å². The van der Waals surface area contributed by atoms with Crippen molar-refractivity contribution in [2.75, 3.05) is 19.8 Å². The lowest BCUT2D eigenvalue weighted by Crippen LogP contribution is -2.46. The van der Waals surface area contributed by atoms with Crippen molar-refractivity contribution in [1.29, 1.82) is 0 Å². The summed E-state index contributed by atoms with van der Waals surface area (Å²) in [5, 5.41) is 12.6. The van der Waals surface area contributed by atoms with E-state index in [1.54, 1.807) is 0 Å². The molecule has 2 aliphatic rings. The molecular formula is C9H17NO2. The maximum atomic E-state index is 9.10. The molecule has 0 aromatic rings. The molecule has 12 heavy (non-hydrogen) atoms. The Balaban J connectivity index is 1.81. The van der Waals surface area contributed by atoms with Gasteiger partial charge < -0.3 is 15.2 Å². The van der Waals surface area contributed by atoms with Crippen LogP contribution in [0.4, 0.5) is 0 Å². The van der Waals surface area contributed by atoms with Crippen LogP contribution in [0.15, 0.2) is 0 Å². The Labute approximate surface area is 73.1 Å². The molecule has 0 bridgehead atoms. The molecule has 2 rings (SSSR count). The van der Waals surface area contributed by atoms with Crippen molar-refractivity contribution in [3.05, 3.63) is 0 Å². The average molecular weight is 171 g/mol. The number of ether oxygens (including phenoxy) is 1. The van der Waals surface area contributed by atoms with Gasteiger partial charge in [0.25, 0.3) is 0 Å². The van der Waals surface area contributed by atoms with Crippen LogP contribution in [0.2, 0.25) is 0 Å². The van der Waals surface area contributed by atoms with E-state index >= 15 is 0 Å². The van der Waals surface area contributed by atoms with E-state index in [1.807, 2.05) is 0 Å². The third-order valence-corrected chi connectivity index (χ3v) is 2.76. The van der Waals surface area contributed by atoms with Crippen LogP contribution in [0.25, 0.3) is 0 Å². The van der Waals surface area contributed by atoms with Gasteiger partial charge in [0, 0.05) is 31.2 Å². The van der Waals surface area contributed by atoms with Gasteiger partial charge in [-0.2, -0.15) is 0 Å². The molecule has 1 saturated carbocycles. The molecule has 2 fully saturated rings. The van der Waals surface area contributed by atoms with E-state index < -0.39 is 0 Å². The van der Waals surface area contributed by atoms with Crippen molar-refractivity contribution < 1.29 is 9.84 Å². The average Bonchev–Trinajstić information content (AvgIpc) is 2.89. The molecule has 0 amide bonds. The zero-order chi connectivity index (χ0) is 8.39. The smallest absolute Gasteiger partial charge is 0.0623 e. The van der Waals surface area contributed by atoms with Crippen LogP contribution >= 0.6 is 0 Å². The van der Waals surface area contributed by atoms with Crippen molar-refractivity contribution in [3.8, 4) is 0 Å². The van der Waals surface area contributed by atoms with E-state index in [0.717, 1.165) is 19.6 Å². The van der Waals surface area contributed by atoms with Crippen molar-refractivity contribution in [3.63, 3.8) is 0 Å². The quantitative estimate of drug-likeness (QED) is 0.634. The van der Waals surface area contributed by atoms with Crippen molar-refractivity contribution in [1.82, 2.24) is 5.32 Å². The topological polar surface area (TPSA) is 41.5 Å². The van der Waals surface area contributed by atoms with Gasteiger partial charge in [0.15, 0.2) is 0 Å². The highest BCUT2D eigenvalue weighted by Crippen LogP contribution is 2.23. The Morgan fingerprint density at radius 2 is 2.17 bits per heavy atom. The van der Waals surface area contributed by atoms with Gasteiger partial charge in [0.2, 0.25) is 0 Å². The summed E-state index contributed by atoms with van der Waals surface area (Å²) in [5.41, 5.74) is 0. The summed E-state index contributed by atoms with van der Waals surface area (Å²) >= 11 is 0. The second-order valence-electron chi connectivity index (χ2n) is 3.85. The minimum absolute atomic E-state index is 0.299. The lowest BCUT2D eigenvalue weighted by Gasteiger charge is -2.31. The Kier molecular flexibility index (Phi) is 2.63. The second kappa shape index (κ2) is 3.73. The lowest BCUT2D eigenvalue weighted by atomic mass is 9.96. The minimum atomic E-state index is 0.299. The summed E-state index contributed by atoms with van der Waals surface area (Å²) in [5.74, 6) is 0.416. The fourth-order valence-electron chi connectivity index (χ4n) is 1.74. The molecule has 0 spiro atoms. The van der Waals surface area contributed by atoms with Crippen LogP contribution in [0.5, 0.6) is 0 Å². The molecular weight excluding hydrogens is 154 g/mol. The molecule has 2 atom stereocenters. The van der Waals surface area contributed by atoms with Crippen LogP contribution < -0.4 is 5.32 Å². The summed E-state index contributed by atoms with van der Waals surface area (Å²) in [6.07, 6.45) is 3.60. The van der Waals surface area contributed by atoms with Crippen LogP contribution in [-0.4, -0.2) is 37.0 Å². The first-order chi connectivity index (χ1) is 5.90. The van der Waals surface area contributed by atoms with Crippen molar-refractivity contribution in [2.24, 2.45) is 5.92 Å². The van der Waals surface area contributed by atoms with E-state index in [-0.39, 0.29) is 0 Å². The van der Waals surface area contributed by atoms with Crippen molar-refractivity contribution in [2.45, 2.75) is 31.3 Å². The predicted molar refractivity (Wildman–Crippen MR) is 46.0 cm³/mol. The summed E-state index contributed by atoms with van der Waals surface area (Å²) in [7, 11) is 0. The zero-order valence-electron chi connectivity index (χ0n) is 7.33. The highest BCUT2D eigenvalue weighted by Gasteiger charge is 2.30. The fourth-order valence-corrected chi connectivity index (χ4v) is 1.74. The maximum absolute atomic E-state index is 9.10. The Morgan fingerprint density at radius 3 is 2.83 bits per heavy atom. The molecule has 70 valence electrons. The van der Waals surface area contributed by atoms with Gasteiger partial charge in [-0.1, -0.05) is 0 Å². The summed E-state index contributed by atoms with van der Waals surface area (Å²) in [4.78, 5) is 0. The van der Waals surface area contributed by atoms with E-state index in [2.05, 4.69) is 5.32 Å². The second-order valence-corrected chi connectivity index (χ2v) is 3.85. The monoisotopic (exact) mass is 171 g/mol. The third kappa shape index (κ3) is 1.97. The predicted octanol–water partition coefficient (Wildman–Crippen LogP) is 0.136. The third-order valence-electron chi connectivity index (χ3n) is 2.76. The number of hydrogen-bond acceptors (Lipinski definition) is 3. The largest absolute Gasteiger partial charge is 0.396 e. The van der Waals surface area contributed by atoms with Gasteiger partial charge >= 0.3 is 0 Å². The molecule has 1 saturated heterocycles. The van der Waals surface area contributed by atoms with Gasteiger partial charge in [-0.15, -0.1) is 0 Å². The fraction of sp³-hybridized carbons (Fsp3) is 1.00. The number of nitrogens with one attached hydrogen (secondary N) is 1. The summed E-state index contributed by atoms with van der Waals surface area (Å²) in [6, 6.07) is 1.11. The number of aliphatic hydroxyl groups is 1. The van der Waals surface area contributed by atoms with Crippen LogP contribution in [0, 0.1) is 5.92 Å². The lowest BCUT2D eigenvalue weighted by molar-refractivity contribution is 0.0154. The van der Waals surface area contributed by atoms with E-state index in [0.29, 0.717) is 24.6 Å². The SMILES string of the molecule is OCC1CCOCC1NC1CC1. The molecule has 2 unspecified atom stereocenters. The maximum Gasteiger partial charge on any atom is 0.0623 e. The van der Waals surface area contributed by atoms with Gasteiger partial charge in [0.05, 0.1) is 6.61 Å². The number of hydrogen-bond donors (Lipinski definition) is 2. The van der Waals surface area contributed by atoms with Crippen LogP contribution in [0.3, 0.4) is 0 Å². The molecule has 1 aliphatic carbocycles. The molecule has 1 aliphatic heterocycles. The Hall–Kier alpha value is -0.120. The van der Waals surface area contributed by atoms with Crippen LogP contribution in [0.1, 0.15) is 19.3 Å². The summed E-state index contributed by atoms with van der Waals surface area (Å²) in [6.45, 7) is 1.89. The minimum Gasteiger partial charge on any atom is -0.396 e. The van der Waals surface area contributed by atoms with Gasteiger partial charge in [0.1, 0.15) is 0 Å². The van der Waals surface area contributed by atoms with Gasteiger partial charge in [-0.3, -0.25) is 0 Å². The molecule has 3 nitrogen and oxygen atoms in total. The normalized spacial score (nSPS) is 36.8. The van der Waals surface area contributed by atoms with Crippen molar-refractivity contribution >= 4 is 0 Å². The van der Waals surface area contributed by atoms with E-state index in [9.17, 15) is 0 Å². The first kappa shape index (κ1) is 8.48. The first-order valence-corrected chi connectivity index (χ1v) is 4.85. The Morgan fingerprint density at radius 1 is 1.33 bits per heavy atom. The highest BCUT2D eigenvalue weighted by molar-refractivity contribution is 4.88. The first-order valence-electron chi connectivity index (χ1n) is 4.85. The molecule has 0 aromatic carbocycles. The molecule has 0 radical (unpaired) electrons. The van der Waals surface area contributed by atoms with Gasteiger partial charge in [-0.25, -0.2) is 0 Å². The van der Waals surface area contributed by atoms with E-state index in [1.165, 1.54) is 12.8 Å². The number of rotatable bonds is 3. The molecule has 2 N–H and O–H groups in total. The van der Waals surface area contributed by atoms with Gasteiger partial charge in [-0.05, 0) is 19.3 Å². The number of aliphatic hydroxyl groups excluding tert-OH is 1. The van der Waals surface area contributed by atoms with Crippen LogP contribution in [-0.2, 0) is 4.74 Å². The zero-order valence-corrected chi connectivity index (χ0v) is 7.33. The molecule has 1 heterocycles. The highest BCUT2D eigenvalue weighted by atomic mass is 16.5. The summed E-state index contributed by atoms with van der Waals surface area (Å²) < 4.78 is 5.37. The molecule has 3 heteroatoms.